The molecule has 0 radical (unpaired) electrons. The van der Waals surface area contributed by atoms with E-state index < -0.39 is 56.3 Å². The van der Waals surface area contributed by atoms with Gasteiger partial charge in [-0.3, -0.25) is 14.3 Å². The molecule has 8 nitrogen and oxygen atoms in total. The molecule has 1 fully saturated rings. The van der Waals surface area contributed by atoms with Gasteiger partial charge in [0.05, 0.1) is 16.3 Å². The van der Waals surface area contributed by atoms with Crippen molar-refractivity contribution in [3.63, 3.8) is 0 Å². The van der Waals surface area contributed by atoms with Gasteiger partial charge in [-0.25, -0.2) is 4.39 Å². The van der Waals surface area contributed by atoms with Crippen LogP contribution in [0.4, 0.5) is 36.4 Å². The predicted molar refractivity (Wildman–Crippen MR) is 112 cm³/mol. The number of nitrogens with zero attached hydrogens (tertiary/aromatic N) is 5. The summed E-state index contributed by atoms with van der Waals surface area (Å²) in [5.74, 6) is -5.22. The average molecular weight is 553 g/mol. The fourth-order valence-corrected chi connectivity index (χ4v) is 5.19. The van der Waals surface area contributed by atoms with Crippen molar-refractivity contribution in [3.8, 4) is 5.69 Å². The third-order valence-corrected chi connectivity index (χ3v) is 6.93. The Morgan fingerprint density at radius 2 is 1.33 bits per heavy atom. The van der Waals surface area contributed by atoms with E-state index in [0.717, 1.165) is 40.9 Å². The average Bonchev–Trinajstić information content (AvgIpc) is 3.39. The minimum atomic E-state index is -5.29. The number of thioether (sulfide) groups is 1. The van der Waals surface area contributed by atoms with Crippen LogP contribution in [0.1, 0.15) is 11.6 Å². The van der Waals surface area contributed by atoms with Crippen LogP contribution in [0, 0.1) is 5.82 Å². The largest absolute Gasteiger partial charge is 0.452 e. The molecule has 0 N–H and O–H groups in total. The molecule has 3 aromatic rings. The first-order valence-electron chi connectivity index (χ1n) is 9.45. The minimum absolute atomic E-state index is 0.141. The molecule has 0 atom stereocenters. The molecule has 1 amide bonds. The highest BCUT2D eigenvalue weighted by Crippen LogP contribution is 2.36. The Morgan fingerprint density at radius 1 is 0.833 bits per heavy atom. The van der Waals surface area contributed by atoms with E-state index in [1.54, 1.807) is 0 Å². The summed E-state index contributed by atoms with van der Waals surface area (Å²) in [4.78, 5) is 12.6. The lowest BCUT2D eigenvalue weighted by Gasteiger charge is -2.16. The van der Waals surface area contributed by atoms with Gasteiger partial charge in [0.2, 0.25) is 17.6 Å². The number of rotatable bonds is 4. The first-order chi connectivity index (χ1) is 16.7. The van der Waals surface area contributed by atoms with Crippen molar-refractivity contribution < 1.29 is 43.9 Å². The molecule has 1 aromatic heterocycles. The molecule has 4 rings (SSSR count). The monoisotopic (exact) mass is 553 g/mol. The molecule has 190 valence electrons. The van der Waals surface area contributed by atoms with Gasteiger partial charge in [0.25, 0.3) is 10.0 Å². The second-order valence-corrected chi connectivity index (χ2v) is 9.56. The van der Waals surface area contributed by atoms with Crippen LogP contribution in [0.2, 0.25) is 0 Å². The molecule has 2 aromatic carbocycles. The molecule has 0 unspecified atom stereocenters. The molecule has 17 heteroatoms. The quantitative estimate of drug-likeness (QED) is 0.448. The van der Waals surface area contributed by atoms with Crippen molar-refractivity contribution in [2.75, 3.05) is 10.7 Å². The zero-order chi connectivity index (χ0) is 26.5. The number of carbonyl (C=O) groups excluding carboxylic acids is 1. The van der Waals surface area contributed by atoms with Crippen molar-refractivity contribution in [3.05, 3.63) is 66.0 Å². The molecule has 2 heterocycles. The Hall–Kier alpha value is -3.47. The molecule has 1 aliphatic heterocycles. The van der Waals surface area contributed by atoms with Crippen LogP contribution in [0.3, 0.4) is 0 Å². The van der Waals surface area contributed by atoms with E-state index in [1.807, 2.05) is 0 Å². The van der Waals surface area contributed by atoms with Crippen molar-refractivity contribution in [1.82, 2.24) is 14.8 Å². The lowest BCUT2D eigenvalue weighted by Crippen LogP contribution is -2.29. The van der Waals surface area contributed by atoms with Crippen LogP contribution in [-0.2, 0) is 27.2 Å². The van der Waals surface area contributed by atoms with E-state index >= 15 is 0 Å². The number of aromatic nitrogens is 3. The first-order valence-corrected chi connectivity index (χ1v) is 11.9. The van der Waals surface area contributed by atoms with Gasteiger partial charge in [-0.1, -0.05) is 11.8 Å². The van der Waals surface area contributed by atoms with Crippen molar-refractivity contribution >= 4 is 38.5 Å². The van der Waals surface area contributed by atoms with Crippen LogP contribution in [-0.4, -0.2) is 40.0 Å². The van der Waals surface area contributed by atoms with E-state index in [2.05, 4.69) is 14.6 Å². The number of benzene rings is 2. The SMILES string of the molecule is O=C1CS/C(=N\S(=O)(=O)c2ccc(-n3c(C(F)(F)F)nnc3C(F)(F)F)cc2)N1c1ccc(F)cc1. The first kappa shape index (κ1) is 25.6. The van der Waals surface area contributed by atoms with E-state index in [0.29, 0.717) is 12.1 Å². The lowest BCUT2D eigenvalue weighted by atomic mass is 10.3. The minimum Gasteiger partial charge on any atom is -0.273 e. The highest BCUT2D eigenvalue weighted by molar-refractivity contribution is 8.16. The van der Waals surface area contributed by atoms with Gasteiger partial charge in [-0.15, -0.1) is 14.6 Å². The zero-order valence-electron chi connectivity index (χ0n) is 17.2. The molecule has 36 heavy (non-hydrogen) atoms. The van der Waals surface area contributed by atoms with Gasteiger partial charge < -0.3 is 0 Å². The van der Waals surface area contributed by atoms with Crippen LogP contribution >= 0.6 is 11.8 Å². The fourth-order valence-electron chi connectivity index (χ4n) is 3.09. The predicted octanol–water partition coefficient (Wildman–Crippen LogP) is 4.27. The van der Waals surface area contributed by atoms with Crippen molar-refractivity contribution in [2.45, 2.75) is 17.2 Å². The molecule has 0 aliphatic carbocycles. The molecule has 0 spiro atoms. The van der Waals surface area contributed by atoms with Crippen LogP contribution in [0.5, 0.6) is 0 Å². The summed E-state index contributed by atoms with van der Waals surface area (Å²) in [5.41, 5.74) is -0.563. The number of sulfonamides is 1. The smallest absolute Gasteiger partial charge is 0.273 e. The Balaban J connectivity index is 1.71. The van der Waals surface area contributed by atoms with Crippen LogP contribution in [0.25, 0.3) is 5.69 Å². The van der Waals surface area contributed by atoms with E-state index in [-0.39, 0.29) is 21.2 Å². The Labute approximate surface area is 201 Å². The number of alkyl halides is 6. The summed E-state index contributed by atoms with van der Waals surface area (Å²) < 4.78 is 121. The fraction of sp³-hybridized carbons (Fsp3) is 0.158. The maximum Gasteiger partial charge on any atom is 0.452 e. The third kappa shape index (κ3) is 4.92. The number of anilines is 1. The summed E-state index contributed by atoms with van der Waals surface area (Å²) in [5, 5.41) is 4.90. The number of carbonyl (C=O) groups is 1. The summed E-state index contributed by atoms with van der Waals surface area (Å²) >= 11 is 0.773. The van der Waals surface area contributed by atoms with Crippen LogP contribution in [0.15, 0.2) is 57.8 Å². The molecule has 1 saturated heterocycles. The molecule has 0 saturated carbocycles. The summed E-state index contributed by atoms with van der Waals surface area (Å²) in [6, 6.07) is 7.45. The number of amides is 1. The van der Waals surface area contributed by atoms with Gasteiger partial charge in [0.15, 0.2) is 5.17 Å². The second-order valence-electron chi connectivity index (χ2n) is 7.02. The summed E-state index contributed by atoms with van der Waals surface area (Å²) in [6.45, 7) is 0. The topological polar surface area (TPSA) is 97.5 Å². The number of amidine groups is 1. The summed E-state index contributed by atoms with van der Waals surface area (Å²) in [7, 11) is -4.56. The Kier molecular flexibility index (Phi) is 6.32. The zero-order valence-corrected chi connectivity index (χ0v) is 18.9. The molecular formula is C19H10F7N5O3S2. The van der Waals surface area contributed by atoms with E-state index in [9.17, 15) is 43.9 Å². The Morgan fingerprint density at radius 3 is 1.83 bits per heavy atom. The molecular weight excluding hydrogens is 543 g/mol. The summed E-state index contributed by atoms with van der Waals surface area (Å²) in [6.07, 6.45) is -10.6. The number of hydrogen-bond donors (Lipinski definition) is 0. The lowest BCUT2D eigenvalue weighted by molar-refractivity contribution is -0.153. The molecule has 1 aliphatic rings. The highest BCUT2D eigenvalue weighted by Gasteiger charge is 2.45. The third-order valence-electron chi connectivity index (χ3n) is 4.61. The van der Waals surface area contributed by atoms with E-state index in [4.69, 9.17) is 0 Å². The van der Waals surface area contributed by atoms with Crippen LogP contribution < -0.4 is 4.90 Å². The second kappa shape index (κ2) is 8.88. The van der Waals surface area contributed by atoms with Crippen molar-refractivity contribution in [1.29, 1.82) is 0 Å². The highest BCUT2D eigenvalue weighted by atomic mass is 32.2. The Bertz CT molecular complexity index is 1420. The standard InChI is InChI=1S/C19H10F7N5O3S2/c20-10-1-3-11(4-2-10)30-14(32)9-35-17(30)29-36(33,34)13-7-5-12(6-8-13)31-15(18(21,22)23)27-28-16(31)19(24,25)26/h1-8H,9H2/b29-17-. The number of halogens is 7. The normalized spacial score (nSPS) is 16.2. The van der Waals surface area contributed by atoms with Gasteiger partial charge in [0, 0.05) is 5.69 Å². The van der Waals surface area contributed by atoms with E-state index in [1.165, 1.54) is 12.1 Å². The van der Waals surface area contributed by atoms with Gasteiger partial charge in [-0.2, -0.15) is 34.8 Å². The van der Waals surface area contributed by atoms with Gasteiger partial charge in [0.1, 0.15) is 5.82 Å². The van der Waals surface area contributed by atoms with Gasteiger partial charge >= 0.3 is 12.4 Å². The number of hydrogen-bond acceptors (Lipinski definition) is 6. The van der Waals surface area contributed by atoms with Gasteiger partial charge in [-0.05, 0) is 48.5 Å². The van der Waals surface area contributed by atoms with Crippen molar-refractivity contribution in [2.24, 2.45) is 4.40 Å². The maximum atomic E-state index is 13.2. The molecule has 0 bridgehead atoms. The maximum absolute atomic E-state index is 13.2.